The number of carboxylic acid groups (broad SMARTS) is 2. The fourth-order valence-corrected chi connectivity index (χ4v) is 2.80. The van der Waals surface area contributed by atoms with Gasteiger partial charge in [0.05, 0.1) is 25.3 Å². The van der Waals surface area contributed by atoms with E-state index in [9.17, 15) is 31.1 Å². The Morgan fingerprint density at radius 3 is 1.76 bits per heavy atom. The van der Waals surface area contributed by atoms with Gasteiger partial charge in [0.15, 0.2) is 0 Å². The fourth-order valence-electron chi connectivity index (χ4n) is 2.80. The van der Waals surface area contributed by atoms with Crippen LogP contribution >= 0.6 is 0 Å². The molecule has 2 heterocycles. The van der Waals surface area contributed by atoms with Gasteiger partial charge in [-0.1, -0.05) is 0 Å². The molecule has 0 bridgehead atoms. The number of likely N-dealkylation sites (tertiary alicyclic amines) is 1. The third-order valence-corrected chi connectivity index (χ3v) is 4.39. The number of fused-ring (bicyclic) bond motifs is 1. The van der Waals surface area contributed by atoms with Crippen molar-refractivity contribution in [1.82, 2.24) is 19.6 Å². The van der Waals surface area contributed by atoms with E-state index < -0.39 is 24.3 Å². The number of amides is 2. The third kappa shape index (κ3) is 11.4. The van der Waals surface area contributed by atoms with E-state index in [1.54, 1.807) is 19.0 Å². The number of carboxylic acids is 2. The van der Waals surface area contributed by atoms with Crippen molar-refractivity contribution >= 4 is 18.0 Å². The van der Waals surface area contributed by atoms with Gasteiger partial charge in [-0.25, -0.2) is 14.4 Å². The van der Waals surface area contributed by atoms with E-state index >= 15 is 0 Å². The molecule has 2 atom stereocenters. The lowest BCUT2D eigenvalue weighted by Crippen LogP contribution is -2.52. The predicted molar refractivity (Wildman–Crippen MR) is 102 cm³/mol. The number of aliphatic carboxylic acids is 2. The van der Waals surface area contributed by atoms with Crippen molar-refractivity contribution < 1.29 is 55.7 Å². The zero-order chi connectivity index (χ0) is 26.1. The monoisotopic (exact) mass is 498 g/mol. The molecule has 2 amide bonds. The largest absolute Gasteiger partial charge is 0.490 e. The maximum atomic E-state index is 12.0. The van der Waals surface area contributed by atoms with Crippen LogP contribution in [0.4, 0.5) is 31.1 Å². The Bertz CT molecular complexity index is 635. The molecule has 0 unspecified atom stereocenters. The van der Waals surface area contributed by atoms with Crippen molar-refractivity contribution in [2.75, 3.05) is 67.5 Å². The van der Waals surface area contributed by atoms with Crippen molar-refractivity contribution in [2.24, 2.45) is 0 Å². The smallest absolute Gasteiger partial charge is 0.475 e. The van der Waals surface area contributed by atoms with Crippen molar-refractivity contribution in [2.45, 2.75) is 24.5 Å². The van der Waals surface area contributed by atoms with E-state index in [-0.39, 0.29) is 12.1 Å². The highest BCUT2D eigenvalue weighted by molar-refractivity contribution is 5.74. The summed E-state index contributed by atoms with van der Waals surface area (Å²) >= 11 is 0. The van der Waals surface area contributed by atoms with Crippen LogP contribution < -0.4 is 0 Å². The Kier molecular flexibility index (Phi) is 11.9. The van der Waals surface area contributed by atoms with Gasteiger partial charge in [-0.05, 0) is 14.1 Å². The minimum Gasteiger partial charge on any atom is -0.475 e. The van der Waals surface area contributed by atoms with E-state index in [0.717, 1.165) is 39.3 Å². The van der Waals surface area contributed by atoms with Crippen molar-refractivity contribution in [3.63, 3.8) is 0 Å². The van der Waals surface area contributed by atoms with Crippen LogP contribution in [-0.2, 0) is 14.3 Å². The molecule has 2 saturated heterocycles. The zero-order valence-electron chi connectivity index (χ0n) is 18.5. The molecule has 0 radical (unpaired) electrons. The fraction of sp³-hybridized carbons (Fsp3) is 0.824. The lowest BCUT2D eigenvalue weighted by atomic mass is 10.1. The van der Waals surface area contributed by atoms with E-state index in [0.29, 0.717) is 6.04 Å². The molecular weight excluding hydrogens is 470 g/mol. The number of carbonyl (C=O) groups excluding carboxylic acids is 1. The van der Waals surface area contributed by atoms with Gasteiger partial charge < -0.3 is 29.6 Å². The SMILES string of the molecule is CN(C)CCN1CCO[C@H]2CN(C(=O)N(C)C)C[C@H]21.O=C(O)C(F)(F)F.O=C(O)C(F)(F)F. The normalized spacial score (nSPS) is 20.8. The molecule has 2 rings (SSSR count). The van der Waals surface area contributed by atoms with Crippen LogP contribution in [0.1, 0.15) is 0 Å². The van der Waals surface area contributed by atoms with Crippen LogP contribution in [-0.4, -0.2) is 140 Å². The Morgan fingerprint density at radius 2 is 1.39 bits per heavy atom. The molecule has 0 aromatic rings. The lowest BCUT2D eigenvalue weighted by Gasteiger charge is -2.37. The van der Waals surface area contributed by atoms with Gasteiger partial charge in [0.2, 0.25) is 0 Å². The molecule has 0 aromatic heterocycles. The Hall–Kier alpha value is -2.33. The van der Waals surface area contributed by atoms with Crippen molar-refractivity contribution in [1.29, 1.82) is 0 Å². The summed E-state index contributed by atoms with van der Waals surface area (Å²) < 4.78 is 69.3. The first-order valence-corrected chi connectivity index (χ1v) is 9.44. The molecular formula is C17H28F6N4O6. The minimum atomic E-state index is -5.08. The van der Waals surface area contributed by atoms with E-state index in [1.807, 2.05) is 4.90 Å². The van der Waals surface area contributed by atoms with Crippen LogP contribution in [0.15, 0.2) is 0 Å². The van der Waals surface area contributed by atoms with Gasteiger partial charge in [-0.15, -0.1) is 0 Å². The Balaban J connectivity index is 0.000000605. The second-order valence-electron chi connectivity index (χ2n) is 7.50. The molecule has 0 aromatic carbocycles. The summed E-state index contributed by atoms with van der Waals surface area (Å²) in [5.41, 5.74) is 0. The maximum absolute atomic E-state index is 12.0. The summed E-state index contributed by atoms with van der Waals surface area (Å²) in [5.74, 6) is -5.51. The highest BCUT2D eigenvalue weighted by atomic mass is 19.4. The van der Waals surface area contributed by atoms with E-state index in [1.165, 1.54) is 0 Å². The number of urea groups is 1. The van der Waals surface area contributed by atoms with E-state index in [2.05, 4.69) is 23.9 Å². The van der Waals surface area contributed by atoms with Crippen LogP contribution in [0.5, 0.6) is 0 Å². The quantitative estimate of drug-likeness (QED) is 0.552. The summed E-state index contributed by atoms with van der Waals surface area (Å²) in [7, 11) is 7.78. The molecule has 2 aliphatic rings. The summed E-state index contributed by atoms with van der Waals surface area (Å²) in [6, 6.07) is 0.447. The number of hydrogen-bond acceptors (Lipinski definition) is 6. The summed E-state index contributed by atoms with van der Waals surface area (Å²) in [6.07, 6.45) is -9.99. The van der Waals surface area contributed by atoms with Crippen LogP contribution in [0.2, 0.25) is 0 Å². The molecule has 10 nitrogen and oxygen atoms in total. The molecule has 33 heavy (non-hydrogen) atoms. The van der Waals surface area contributed by atoms with Crippen LogP contribution in [0, 0.1) is 0 Å². The number of likely N-dealkylation sites (N-methyl/N-ethyl adjacent to an activating group) is 1. The topological polar surface area (TPSA) is 114 Å². The molecule has 2 N–H and O–H groups in total. The standard InChI is InChI=1S/C13H26N4O2.2C2HF3O2/c1-14(2)5-6-16-7-8-19-12-10-17(9-11(12)16)13(18)15(3)4;2*3-2(4,5)1(6)7/h11-12H,5-10H2,1-4H3;2*(H,6,7)/t11-,12+;;/m1../s1. The number of carbonyl (C=O) groups is 3. The molecule has 0 aliphatic carbocycles. The second kappa shape index (κ2) is 12.8. The molecule has 194 valence electrons. The maximum Gasteiger partial charge on any atom is 0.490 e. The Labute approximate surface area is 186 Å². The second-order valence-corrected chi connectivity index (χ2v) is 7.50. The van der Waals surface area contributed by atoms with E-state index in [4.69, 9.17) is 24.5 Å². The van der Waals surface area contributed by atoms with Gasteiger partial charge in [0, 0.05) is 40.3 Å². The van der Waals surface area contributed by atoms with Gasteiger partial charge in [-0.2, -0.15) is 26.3 Å². The summed E-state index contributed by atoms with van der Waals surface area (Å²) in [5, 5.41) is 14.2. The number of morpholine rings is 1. The third-order valence-electron chi connectivity index (χ3n) is 4.39. The summed E-state index contributed by atoms with van der Waals surface area (Å²) in [6.45, 7) is 5.35. The highest BCUT2D eigenvalue weighted by Crippen LogP contribution is 2.23. The zero-order valence-corrected chi connectivity index (χ0v) is 18.5. The first-order valence-electron chi connectivity index (χ1n) is 9.44. The Morgan fingerprint density at radius 1 is 0.939 bits per heavy atom. The average Bonchev–Trinajstić information content (AvgIpc) is 3.09. The number of rotatable bonds is 3. The number of alkyl halides is 6. The van der Waals surface area contributed by atoms with Gasteiger partial charge >= 0.3 is 30.3 Å². The lowest BCUT2D eigenvalue weighted by molar-refractivity contribution is -0.193. The first-order chi connectivity index (χ1) is 14.9. The van der Waals surface area contributed by atoms with Crippen molar-refractivity contribution in [3.05, 3.63) is 0 Å². The van der Waals surface area contributed by atoms with Crippen LogP contribution in [0.3, 0.4) is 0 Å². The number of nitrogens with zero attached hydrogens (tertiary/aromatic N) is 4. The number of ether oxygens (including phenoxy) is 1. The first kappa shape index (κ1) is 30.7. The van der Waals surface area contributed by atoms with Crippen molar-refractivity contribution in [3.8, 4) is 0 Å². The number of halogens is 6. The molecule has 16 heteroatoms. The molecule has 2 fully saturated rings. The predicted octanol–water partition coefficient (Wildman–Crippen LogP) is 0.881. The average molecular weight is 498 g/mol. The van der Waals surface area contributed by atoms with Crippen LogP contribution in [0.25, 0.3) is 0 Å². The molecule has 2 aliphatic heterocycles. The number of hydrogen-bond donors (Lipinski definition) is 2. The molecule has 0 saturated carbocycles. The molecule has 0 spiro atoms. The van der Waals surface area contributed by atoms with Gasteiger partial charge in [0.1, 0.15) is 0 Å². The highest BCUT2D eigenvalue weighted by Gasteiger charge is 2.42. The van der Waals surface area contributed by atoms with Gasteiger partial charge in [0.25, 0.3) is 0 Å². The van der Waals surface area contributed by atoms with Gasteiger partial charge in [-0.3, -0.25) is 4.90 Å². The summed E-state index contributed by atoms with van der Waals surface area (Å²) in [4.78, 5) is 38.0. The minimum absolute atomic E-state index is 0.0885.